The van der Waals surface area contributed by atoms with Crippen LogP contribution in [0.3, 0.4) is 0 Å². The van der Waals surface area contributed by atoms with Crippen LogP contribution in [0.5, 0.6) is 0 Å². The Balaban J connectivity index is 0.000000165. The summed E-state index contributed by atoms with van der Waals surface area (Å²) in [4.78, 5) is 51.6. The van der Waals surface area contributed by atoms with Crippen molar-refractivity contribution in [3.63, 3.8) is 0 Å². The molecular formula is C75H75Cl3N18O6. The highest BCUT2D eigenvalue weighted by atomic mass is 35.5. The zero-order chi connectivity index (χ0) is 72.4. The van der Waals surface area contributed by atoms with E-state index in [0.717, 1.165) is 67.1 Å². The molecule has 12 aromatic rings. The van der Waals surface area contributed by atoms with Gasteiger partial charge in [-0.3, -0.25) is 15.0 Å². The molecule has 6 heterocycles. The fraction of sp³-hybridized carbons (Fsp3) is 0.240. The van der Waals surface area contributed by atoms with Gasteiger partial charge in [-0.2, -0.15) is 14.0 Å². The molecule has 6 aromatic heterocycles. The number of amides is 3. The number of benzene rings is 6. The van der Waals surface area contributed by atoms with E-state index in [-0.39, 0.29) is 18.1 Å². The van der Waals surface area contributed by atoms with Gasteiger partial charge in [0.2, 0.25) is 0 Å². The van der Waals surface area contributed by atoms with Gasteiger partial charge in [-0.25, -0.2) is 14.4 Å². The van der Waals surface area contributed by atoms with Crippen LogP contribution in [0.1, 0.15) is 114 Å². The van der Waals surface area contributed by atoms with Crippen molar-refractivity contribution in [1.29, 1.82) is 0 Å². The smallest absolute Gasteiger partial charge is 0.408 e. The van der Waals surface area contributed by atoms with Crippen molar-refractivity contribution in [2.24, 2.45) is 0 Å². The molecule has 0 saturated carbocycles. The maximum Gasteiger partial charge on any atom is 0.408 e. The van der Waals surface area contributed by atoms with E-state index >= 15 is 0 Å². The van der Waals surface area contributed by atoms with Crippen LogP contribution in [-0.4, -0.2) is 111 Å². The van der Waals surface area contributed by atoms with E-state index in [1.54, 1.807) is 50.8 Å². The normalized spacial score (nSPS) is 12.2. The Kier molecular flexibility index (Phi) is 24.2. The van der Waals surface area contributed by atoms with Crippen molar-refractivity contribution >= 4 is 53.1 Å². The standard InChI is InChI=1S/3C25H25ClN6O2/c3*1-25(2,3)34-24(33)29-22(13-17-7-5-4-6-8-17)21-11-9-18(15-27-21)20-14-19(26)10-12-23(20)32-16-28-30-31-32/h3*4-12,14-16,22H,13H2,1-3H3,(H,29,33)/t3*22-/m100/s1. The van der Waals surface area contributed by atoms with Gasteiger partial charge in [0, 0.05) is 67.0 Å². The first-order valence-corrected chi connectivity index (χ1v) is 33.6. The Morgan fingerprint density at radius 3 is 0.853 bits per heavy atom. The largest absolute Gasteiger partial charge is 0.444 e. The van der Waals surface area contributed by atoms with Gasteiger partial charge in [-0.15, -0.1) is 15.3 Å². The first kappa shape index (κ1) is 73.4. The fourth-order valence-corrected chi connectivity index (χ4v) is 11.0. The molecule has 0 spiro atoms. The zero-order valence-corrected chi connectivity index (χ0v) is 59.7. The number of carbonyl (C=O) groups is 3. The number of halogens is 3. The molecule has 12 rings (SSSR count). The average Bonchev–Trinajstić information content (AvgIpc) is 1.19. The minimum Gasteiger partial charge on any atom is -0.444 e. The van der Waals surface area contributed by atoms with E-state index in [0.29, 0.717) is 51.4 Å². The summed E-state index contributed by atoms with van der Waals surface area (Å²) in [5.74, 6) is 0. The van der Waals surface area contributed by atoms with E-state index in [1.165, 1.54) is 19.0 Å². The highest BCUT2D eigenvalue weighted by molar-refractivity contribution is 6.31. The summed E-state index contributed by atoms with van der Waals surface area (Å²) in [6, 6.07) is 56.6. The minimum atomic E-state index is -0.599. The molecule has 24 nitrogen and oxygen atoms in total. The van der Waals surface area contributed by atoms with Crippen LogP contribution in [0.25, 0.3) is 50.4 Å². The number of hydrogen-bond donors (Lipinski definition) is 3. The number of carbonyl (C=O) groups excluding carboxylic acids is 3. The molecule has 0 radical (unpaired) electrons. The van der Waals surface area contributed by atoms with E-state index in [2.05, 4.69) is 77.5 Å². The van der Waals surface area contributed by atoms with Crippen LogP contribution in [0.15, 0.2) is 220 Å². The summed E-state index contributed by atoms with van der Waals surface area (Å²) in [5, 5.41) is 44.9. The van der Waals surface area contributed by atoms with Crippen molar-refractivity contribution in [2.45, 2.75) is 117 Å². The Hall–Kier alpha value is -11.3. The van der Waals surface area contributed by atoms with Crippen molar-refractivity contribution in [3.05, 3.63) is 268 Å². The molecule has 522 valence electrons. The molecule has 102 heavy (non-hydrogen) atoms. The number of nitrogens with one attached hydrogen (secondary N) is 3. The van der Waals surface area contributed by atoms with Gasteiger partial charge >= 0.3 is 18.3 Å². The minimum absolute atomic E-state index is 0.371. The molecule has 3 N–H and O–H groups in total. The molecule has 0 aliphatic rings. The number of ether oxygens (including phenoxy) is 3. The van der Waals surface area contributed by atoms with Gasteiger partial charge in [0.1, 0.15) is 35.8 Å². The van der Waals surface area contributed by atoms with Crippen molar-refractivity contribution < 1.29 is 28.6 Å². The summed E-state index contributed by atoms with van der Waals surface area (Å²) < 4.78 is 21.1. The maximum atomic E-state index is 12.5. The molecule has 0 bridgehead atoms. The molecular weight excluding hydrogens is 1360 g/mol. The van der Waals surface area contributed by atoms with E-state index in [9.17, 15) is 14.4 Å². The second-order valence-electron chi connectivity index (χ2n) is 26.3. The quantitative estimate of drug-likeness (QED) is 0.0673. The molecule has 3 amide bonds. The molecule has 0 aliphatic carbocycles. The van der Waals surface area contributed by atoms with Crippen LogP contribution >= 0.6 is 34.8 Å². The summed E-state index contributed by atoms with van der Waals surface area (Å²) in [7, 11) is 0. The molecule has 0 saturated heterocycles. The maximum absolute atomic E-state index is 12.5. The van der Waals surface area contributed by atoms with Crippen molar-refractivity contribution in [2.75, 3.05) is 0 Å². The third-order valence-corrected chi connectivity index (χ3v) is 15.7. The number of rotatable bonds is 18. The van der Waals surface area contributed by atoms with Gasteiger partial charge < -0.3 is 30.2 Å². The Bertz CT molecular complexity index is 4190. The second-order valence-corrected chi connectivity index (χ2v) is 27.6. The lowest BCUT2D eigenvalue weighted by Gasteiger charge is -2.24. The van der Waals surface area contributed by atoms with Crippen LogP contribution in [0.4, 0.5) is 14.4 Å². The first-order chi connectivity index (χ1) is 48.8. The number of nitrogens with zero attached hydrogens (tertiary/aromatic N) is 15. The molecule has 6 aromatic carbocycles. The van der Waals surface area contributed by atoms with Gasteiger partial charge in [0.05, 0.1) is 52.3 Å². The van der Waals surface area contributed by atoms with E-state index in [1.807, 2.05) is 226 Å². The summed E-state index contributed by atoms with van der Waals surface area (Å²) in [5.41, 5.74) is 10.9. The topological polar surface area (TPSA) is 284 Å². The number of pyridine rings is 3. The lowest BCUT2D eigenvalue weighted by Crippen LogP contribution is -2.36. The predicted octanol–water partition coefficient (Wildman–Crippen LogP) is 15.6. The molecule has 0 aliphatic heterocycles. The number of hydrogen-bond acceptors (Lipinski definition) is 18. The Morgan fingerprint density at radius 2 is 0.637 bits per heavy atom. The van der Waals surface area contributed by atoms with Crippen LogP contribution in [0.2, 0.25) is 15.1 Å². The molecule has 0 unspecified atom stereocenters. The third kappa shape index (κ3) is 21.6. The second kappa shape index (κ2) is 33.7. The number of aromatic nitrogens is 15. The molecule has 27 heteroatoms. The first-order valence-electron chi connectivity index (χ1n) is 32.4. The number of alkyl carbamates (subject to hydrolysis) is 3. The SMILES string of the molecule is CC(C)(C)OC(=O)N[C@@H](Cc1ccccc1)c1ccc(-c2cc(Cl)ccc2-n2cnnn2)cn1.CC(C)(C)OC(=O)N[C@@H](Cc1ccccc1)c1ccc(-c2cc(Cl)ccc2-n2cnnn2)cn1.CC(C)(C)OC(=O)N[C@H](Cc1ccccc1)c1ccc(-c2cc(Cl)ccc2-n2cnnn2)cn1. The predicted molar refractivity (Wildman–Crippen MR) is 389 cm³/mol. The van der Waals surface area contributed by atoms with Gasteiger partial charge in [0.25, 0.3) is 0 Å². The van der Waals surface area contributed by atoms with E-state index < -0.39 is 35.1 Å². The lowest BCUT2D eigenvalue weighted by atomic mass is 10.0. The van der Waals surface area contributed by atoms with Crippen LogP contribution in [0, 0.1) is 0 Å². The zero-order valence-electron chi connectivity index (χ0n) is 57.4. The van der Waals surface area contributed by atoms with Crippen molar-refractivity contribution in [1.82, 2.24) is 91.5 Å². The summed E-state index contributed by atoms with van der Waals surface area (Å²) >= 11 is 18.8. The molecule has 0 fully saturated rings. The fourth-order valence-electron chi connectivity index (χ4n) is 10.5. The lowest BCUT2D eigenvalue weighted by molar-refractivity contribution is 0.0490. The third-order valence-electron chi connectivity index (χ3n) is 14.9. The highest BCUT2D eigenvalue weighted by Crippen LogP contribution is 2.34. The van der Waals surface area contributed by atoms with Gasteiger partial charge in [0.15, 0.2) is 0 Å². The summed E-state index contributed by atoms with van der Waals surface area (Å²) in [6.07, 6.45) is 10.1. The average molecular weight is 1430 g/mol. The van der Waals surface area contributed by atoms with Gasteiger partial charge in [-0.1, -0.05) is 144 Å². The van der Waals surface area contributed by atoms with Gasteiger partial charge in [-0.05, 0) is 202 Å². The Labute approximate surface area is 605 Å². The van der Waals surface area contributed by atoms with Crippen molar-refractivity contribution in [3.8, 4) is 50.4 Å². The van der Waals surface area contributed by atoms with E-state index in [4.69, 9.17) is 49.0 Å². The summed E-state index contributed by atoms with van der Waals surface area (Å²) in [6.45, 7) is 16.5. The monoisotopic (exact) mass is 1430 g/mol. The van der Waals surface area contributed by atoms with Crippen LogP contribution < -0.4 is 16.0 Å². The Morgan fingerprint density at radius 1 is 0.373 bits per heavy atom. The molecule has 3 atom stereocenters. The van der Waals surface area contributed by atoms with Crippen LogP contribution in [-0.2, 0) is 33.5 Å². The number of tetrazole rings is 3. The highest BCUT2D eigenvalue weighted by Gasteiger charge is 2.26.